The molecule has 0 saturated carbocycles. The van der Waals surface area contributed by atoms with Crippen molar-refractivity contribution in [3.8, 4) is 0 Å². The van der Waals surface area contributed by atoms with Crippen molar-refractivity contribution in [1.82, 2.24) is 20.1 Å². The number of hydrogen-bond donors (Lipinski definition) is 1. The van der Waals surface area contributed by atoms with Gasteiger partial charge in [0.1, 0.15) is 0 Å². The van der Waals surface area contributed by atoms with Crippen LogP contribution >= 0.6 is 0 Å². The minimum atomic E-state index is 0.754. The summed E-state index contributed by atoms with van der Waals surface area (Å²) in [5.74, 6) is 0. The van der Waals surface area contributed by atoms with Crippen molar-refractivity contribution in [3.05, 3.63) is 42.1 Å². The van der Waals surface area contributed by atoms with Gasteiger partial charge in [-0.25, -0.2) is 0 Å². The van der Waals surface area contributed by atoms with Gasteiger partial charge < -0.3 is 5.32 Å². The zero-order valence-corrected chi connectivity index (χ0v) is 13.0. The van der Waals surface area contributed by atoms with Crippen molar-refractivity contribution in [2.45, 2.75) is 19.0 Å². The van der Waals surface area contributed by atoms with E-state index in [0.29, 0.717) is 0 Å². The lowest BCUT2D eigenvalue weighted by molar-refractivity contribution is 0.170. The van der Waals surface area contributed by atoms with Crippen LogP contribution in [0.3, 0.4) is 0 Å². The van der Waals surface area contributed by atoms with Gasteiger partial charge in [-0.3, -0.25) is 14.8 Å². The maximum Gasteiger partial charge on any atom is 0.0702 e. The molecule has 1 aromatic heterocycles. The van der Waals surface area contributed by atoms with E-state index in [0.717, 1.165) is 31.2 Å². The monoisotopic (exact) mass is 296 g/mol. The summed E-state index contributed by atoms with van der Waals surface area (Å²) < 4.78 is 0. The Bertz CT molecular complexity index is 636. The normalized spacial score (nSPS) is 24.1. The van der Waals surface area contributed by atoms with Crippen molar-refractivity contribution in [2.24, 2.45) is 0 Å². The highest BCUT2D eigenvalue weighted by atomic mass is 15.3. The first-order chi connectivity index (χ1) is 10.9. The van der Waals surface area contributed by atoms with Crippen LogP contribution in [0.4, 0.5) is 0 Å². The van der Waals surface area contributed by atoms with Crippen molar-refractivity contribution in [1.29, 1.82) is 0 Å². The molecule has 4 rings (SSSR count). The lowest BCUT2D eigenvalue weighted by Gasteiger charge is -2.32. The summed E-state index contributed by atoms with van der Waals surface area (Å²) in [4.78, 5) is 9.67. The fraction of sp³-hybridized carbons (Fsp3) is 0.500. The summed E-state index contributed by atoms with van der Waals surface area (Å²) in [5, 5.41) is 4.69. The lowest BCUT2D eigenvalue weighted by Crippen LogP contribution is -2.49. The van der Waals surface area contributed by atoms with Gasteiger partial charge in [-0.2, -0.15) is 0 Å². The Hall–Kier alpha value is -1.49. The summed E-state index contributed by atoms with van der Waals surface area (Å²) >= 11 is 0. The maximum atomic E-state index is 4.40. The SMILES string of the molecule is c1cnc2ccc(CN3CCC(N4CCNCC4)C3)cc2c1. The Labute approximate surface area is 132 Å². The second-order valence-electron chi connectivity index (χ2n) is 6.49. The first-order valence-corrected chi connectivity index (χ1v) is 8.39. The van der Waals surface area contributed by atoms with Gasteiger partial charge in [0.25, 0.3) is 0 Å². The van der Waals surface area contributed by atoms with Gasteiger partial charge in [-0.1, -0.05) is 12.1 Å². The summed E-state index contributed by atoms with van der Waals surface area (Å²) in [6.45, 7) is 8.21. The molecule has 0 amide bonds. The smallest absolute Gasteiger partial charge is 0.0702 e. The van der Waals surface area contributed by atoms with Gasteiger partial charge in [0.15, 0.2) is 0 Å². The largest absolute Gasteiger partial charge is 0.314 e. The molecule has 2 saturated heterocycles. The third-order valence-electron chi connectivity index (χ3n) is 4.99. The molecule has 0 aliphatic carbocycles. The summed E-state index contributed by atoms with van der Waals surface area (Å²) in [6.07, 6.45) is 3.18. The summed E-state index contributed by atoms with van der Waals surface area (Å²) in [6, 6.07) is 11.6. The third kappa shape index (κ3) is 3.00. The van der Waals surface area contributed by atoms with Crippen LogP contribution in [0.2, 0.25) is 0 Å². The molecule has 0 bridgehead atoms. The summed E-state index contributed by atoms with van der Waals surface area (Å²) in [7, 11) is 0. The molecule has 2 aliphatic rings. The number of aromatic nitrogens is 1. The molecule has 1 aromatic carbocycles. The molecule has 1 unspecified atom stereocenters. The molecule has 2 aliphatic heterocycles. The average Bonchev–Trinajstić information content (AvgIpc) is 3.04. The first kappa shape index (κ1) is 14.1. The third-order valence-corrected chi connectivity index (χ3v) is 4.99. The van der Waals surface area contributed by atoms with E-state index in [1.54, 1.807) is 0 Å². The highest BCUT2D eigenvalue weighted by molar-refractivity contribution is 5.78. The van der Waals surface area contributed by atoms with Crippen molar-refractivity contribution in [3.63, 3.8) is 0 Å². The summed E-state index contributed by atoms with van der Waals surface area (Å²) in [5.41, 5.74) is 2.49. The average molecular weight is 296 g/mol. The van der Waals surface area contributed by atoms with Crippen LogP contribution in [-0.4, -0.2) is 60.1 Å². The predicted octanol–water partition coefficient (Wildman–Crippen LogP) is 1.71. The zero-order chi connectivity index (χ0) is 14.8. The molecule has 2 fully saturated rings. The van der Waals surface area contributed by atoms with Gasteiger partial charge in [-0.15, -0.1) is 0 Å². The fourth-order valence-corrected chi connectivity index (χ4v) is 3.78. The van der Waals surface area contributed by atoms with E-state index in [1.165, 1.54) is 43.5 Å². The number of rotatable bonds is 3. The minimum Gasteiger partial charge on any atom is -0.314 e. The number of benzene rings is 1. The molecule has 3 heterocycles. The molecule has 4 heteroatoms. The van der Waals surface area contributed by atoms with Gasteiger partial charge in [0.2, 0.25) is 0 Å². The van der Waals surface area contributed by atoms with Crippen LogP contribution in [0.5, 0.6) is 0 Å². The number of nitrogens with one attached hydrogen (secondary N) is 1. The van der Waals surface area contributed by atoms with Gasteiger partial charge in [-0.05, 0) is 30.2 Å². The van der Waals surface area contributed by atoms with Crippen LogP contribution in [-0.2, 0) is 6.54 Å². The molecule has 2 aromatic rings. The molecule has 1 atom stereocenters. The van der Waals surface area contributed by atoms with Crippen LogP contribution in [0.25, 0.3) is 10.9 Å². The van der Waals surface area contributed by atoms with Crippen molar-refractivity contribution in [2.75, 3.05) is 39.3 Å². The number of fused-ring (bicyclic) bond motifs is 1. The Morgan fingerprint density at radius 1 is 1.14 bits per heavy atom. The molecule has 22 heavy (non-hydrogen) atoms. The second-order valence-corrected chi connectivity index (χ2v) is 6.49. The van der Waals surface area contributed by atoms with Crippen molar-refractivity contribution < 1.29 is 0 Å². The van der Waals surface area contributed by atoms with E-state index in [-0.39, 0.29) is 0 Å². The maximum absolute atomic E-state index is 4.40. The number of pyridine rings is 1. The second kappa shape index (κ2) is 6.32. The standard InChI is InChI=1S/C18H24N4/c1-2-16-12-15(3-4-18(16)20-6-1)13-21-9-5-17(14-21)22-10-7-19-8-11-22/h1-4,6,12,17,19H,5,7-11,13-14H2. The number of nitrogens with zero attached hydrogens (tertiary/aromatic N) is 3. The topological polar surface area (TPSA) is 31.4 Å². The van der Waals surface area contributed by atoms with E-state index in [9.17, 15) is 0 Å². The van der Waals surface area contributed by atoms with Crippen molar-refractivity contribution >= 4 is 10.9 Å². The quantitative estimate of drug-likeness (QED) is 0.934. The van der Waals surface area contributed by atoms with E-state index >= 15 is 0 Å². The predicted molar refractivity (Wildman–Crippen MR) is 89.9 cm³/mol. The number of likely N-dealkylation sites (tertiary alicyclic amines) is 1. The molecular formula is C18H24N4. The van der Waals surface area contributed by atoms with Crippen LogP contribution in [0, 0.1) is 0 Å². The highest BCUT2D eigenvalue weighted by Gasteiger charge is 2.28. The van der Waals surface area contributed by atoms with Gasteiger partial charge >= 0.3 is 0 Å². The number of piperazine rings is 1. The van der Waals surface area contributed by atoms with Crippen LogP contribution in [0.1, 0.15) is 12.0 Å². The minimum absolute atomic E-state index is 0.754. The molecule has 116 valence electrons. The number of hydrogen-bond acceptors (Lipinski definition) is 4. The van der Waals surface area contributed by atoms with Gasteiger partial charge in [0, 0.05) is 63.4 Å². The van der Waals surface area contributed by atoms with E-state index in [2.05, 4.69) is 44.4 Å². The van der Waals surface area contributed by atoms with Crippen LogP contribution < -0.4 is 5.32 Å². The van der Waals surface area contributed by atoms with E-state index in [1.807, 2.05) is 12.3 Å². The first-order valence-electron chi connectivity index (χ1n) is 8.39. The Morgan fingerprint density at radius 2 is 2.05 bits per heavy atom. The molecule has 0 radical (unpaired) electrons. The highest BCUT2D eigenvalue weighted by Crippen LogP contribution is 2.20. The zero-order valence-electron chi connectivity index (χ0n) is 13.0. The molecule has 1 N–H and O–H groups in total. The Balaban J connectivity index is 1.40. The molecular weight excluding hydrogens is 272 g/mol. The molecule has 4 nitrogen and oxygen atoms in total. The molecule has 0 spiro atoms. The van der Waals surface area contributed by atoms with Gasteiger partial charge in [0.05, 0.1) is 5.52 Å². The van der Waals surface area contributed by atoms with E-state index in [4.69, 9.17) is 0 Å². The van der Waals surface area contributed by atoms with E-state index < -0.39 is 0 Å². The fourth-order valence-electron chi connectivity index (χ4n) is 3.78. The van der Waals surface area contributed by atoms with Crippen LogP contribution in [0.15, 0.2) is 36.5 Å². The lowest BCUT2D eigenvalue weighted by atomic mass is 10.1. The Morgan fingerprint density at radius 3 is 2.95 bits per heavy atom. The Kier molecular flexibility index (Phi) is 4.06.